The Labute approximate surface area is 184 Å². The minimum Gasteiger partial charge on any atom is -0.462 e. The van der Waals surface area contributed by atoms with Gasteiger partial charge in [0, 0.05) is 23.5 Å². The molecule has 0 fully saturated rings. The van der Waals surface area contributed by atoms with E-state index in [-0.39, 0.29) is 30.2 Å². The highest BCUT2D eigenvalue weighted by Gasteiger charge is 2.28. The fourth-order valence-electron chi connectivity index (χ4n) is 3.72. The molecule has 2 heterocycles. The van der Waals surface area contributed by atoms with E-state index in [1.807, 2.05) is 48.5 Å². The van der Waals surface area contributed by atoms with Crippen LogP contribution < -0.4 is 5.32 Å². The molecule has 1 aliphatic rings. The molecule has 1 N–H and O–H groups in total. The Hall–Kier alpha value is -3.45. The standard InChI is InChI=1S/C24H22N2O4S/c1-3-30-24(29)22-13-17-12-18(8-9-21(17)31-22)25-23(28)14-20-19-7-5-4-6-16(19)10-11-26(20)15(2)27/h4-13,20H,3,14H2,1-2H3,(H,25,28)/t20-/m0/s1. The number of amides is 2. The van der Waals surface area contributed by atoms with Crippen molar-refractivity contribution in [3.63, 3.8) is 0 Å². The van der Waals surface area contributed by atoms with Gasteiger partial charge in [0.15, 0.2) is 0 Å². The average molecular weight is 435 g/mol. The van der Waals surface area contributed by atoms with Gasteiger partial charge in [-0.2, -0.15) is 0 Å². The molecule has 0 spiro atoms. The van der Waals surface area contributed by atoms with Crippen molar-refractivity contribution < 1.29 is 19.1 Å². The summed E-state index contributed by atoms with van der Waals surface area (Å²) in [5.41, 5.74) is 2.59. The molecule has 0 bridgehead atoms. The van der Waals surface area contributed by atoms with Gasteiger partial charge in [0.25, 0.3) is 0 Å². The summed E-state index contributed by atoms with van der Waals surface area (Å²) >= 11 is 1.36. The number of nitrogens with zero attached hydrogens (tertiary/aromatic N) is 1. The van der Waals surface area contributed by atoms with E-state index < -0.39 is 0 Å². The molecule has 0 saturated carbocycles. The van der Waals surface area contributed by atoms with Crippen molar-refractivity contribution in [1.82, 2.24) is 4.90 Å². The molecular formula is C24H22N2O4S. The Kier molecular flexibility index (Phi) is 5.86. The zero-order valence-electron chi connectivity index (χ0n) is 17.3. The number of thiophene rings is 1. The van der Waals surface area contributed by atoms with Crippen molar-refractivity contribution in [3.05, 3.63) is 70.7 Å². The Balaban J connectivity index is 1.52. The monoisotopic (exact) mass is 434 g/mol. The van der Waals surface area contributed by atoms with E-state index in [1.54, 1.807) is 24.1 Å². The molecule has 6 nitrogen and oxygen atoms in total. The summed E-state index contributed by atoms with van der Waals surface area (Å²) in [4.78, 5) is 39.1. The van der Waals surface area contributed by atoms with Gasteiger partial charge in [-0.15, -0.1) is 11.3 Å². The van der Waals surface area contributed by atoms with Crippen molar-refractivity contribution in [2.75, 3.05) is 11.9 Å². The van der Waals surface area contributed by atoms with Gasteiger partial charge in [0.1, 0.15) is 4.88 Å². The zero-order valence-corrected chi connectivity index (χ0v) is 18.1. The number of ether oxygens (including phenoxy) is 1. The predicted octanol–water partition coefficient (Wildman–Crippen LogP) is 4.98. The Morgan fingerprint density at radius 2 is 1.94 bits per heavy atom. The van der Waals surface area contributed by atoms with Crippen LogP contribution >= 0.6 is 11.3 Å². The molecule has 2 amide bonds. The smallest absolute Gasteiger partial charge is 0.348 e. The Morgan fingerprint density at radius 3 is 2.71 bits per heavy atom. The van der Waals surface area contributed by atoms with Gasteiger partial charge >= 0.3 is 5.97 Å². The van der Waals surface area contributed by atoms with Crippen LogP contribution in [0, 0.1) is 0 Å². The van der Waals surface area contributed by atoms with Crippen molar-refractivity contribution >= 4 is 51.0 Å². The second-order valence-corrected chi connectivity index (χ2v) is 8.31. The van der Waals surface area contributed by atoms with Gasteiger partial charge in [-0.25, -0.2) is 4.79 Å². The van der Waals surface area contributed by atoms with Gasteiger partial charge in [0.05, 0.1) is 19.1 Å². The second-order valence-electron chi connectivity index (χ2n) is 7.22. The minimum atomic E-state index is -0.362. The van der Waals surface area contributed by atoms with Crippen molar-refractivity contribution in [2.24, 2.45) is 0 Å². The summed E-state index contributed by atoms with van der Waals surface area (Å²) < 4.78 is 6.00. The van der Waals surface area contributed by atoms with Crippen LogP contribution in [0.5, 0.6) is 0 Å². The average Bonchev–Trinajstić information content (AvgIpc) is 3.17. The molecule has 3 aromatic rings. The van der Waals surface area contributed by atoms with Gasteiger partial charge < -0.3 is 15.0 Å². The highest BCUT2D eigenvalue weighted by atomic mass is 32.1. The van der Waals surface area contributed by atoms with Crippen molar-refractivity contribution in [3.8, 4) is 0 Å². The summed E-state index contributed by atoms with van der Waals surface area (Å²) in [6.07, 6.45) is 3.75. The molecular weight excluding hydrogens is 412 g/mol. The van der Waals surface area contributed by atoms with Crippen LogP contribution in [-0.2, 0) is 14.3 Å². The highest BCUT2D eigenvalue weighted by Crippen LogP contribution is 2.33. The van der Waals surface area contributed by atoms with Gasteiger partial charge in [-0.3, -0.25) is 9.59 Å². The van der Waals surface area contributed by atoms with E-state index in [9.17, 15) is 14.4 Å². The van der Waals surface area contributed by atoms with Crippen LogP contribution in [0.1, 0.15) is 47.1 Å². The van der Waals surface area contributed by atoms with Crippen LogP contribution in [0.15, 0.2) is 54.7 Å². The summed E-state index contributed by atoms with van der Waals surface area (Å²) in [7, 11) is 0. The summed E-state index contributed by atoms with van der Waals surface area (Å²) in [6.45, 7) is 3.59. The van der Waals surface area contributed by atoms with Gasteiger partial charge in [0.2, 0.25) is 11.8 Å². The van der Waals surface area contributed by atoms with Crippen LogP contribution in [0.4, 0.5) is 5.69 Å². The first-order chi connectivity index (χ1) is 15.0. The molecule has 0 unspecified atom stereocenters. The molecule has 158 valence electrons. The number of hydrogen-bond donors (Lipinski definition) is 1. The van der Waals surface area contributed by atoms with Gasteiger partial charge in [-0.1, -0.05) is 24.3 Å². The number of carbonyl (C=O) groups excluding carboxylic acids is 3. The number of nitrogens with one attached hydrogen (secondary N) is 1. The number of fused-ring (bicyclic) bond motifs is 2. The molecule has 0 radical (unpaired) electrons. The second kappa shape index (κ2) is 8.73. The Bertz CT molecular complexity index is 1200. The quantitative estimate of drug-likeness (QED) is 0.575. The third kappa shape index (κ3) is 4.36. The molecule has 31 heavy (non-hydrogen) atoms. The van der Waals surface area contributed by atoms with Crippen molar-refractivity contribution in [1.29, 1.82) is 0 Å². The molecule has 4 rings (SSSR count). The third-order valence-corrected chi connectivity index (χ3v) is 6.22. The fraction of sp³-hybridized carbons (Fsp3) is 0.208. The molecule has 2 aromatic carbocycles. The lowest BCUT2D eigenvalue weighted by molar-refractivity contribution is -0.129. The van der Waals surface area contributed by atoms with E-state index in [1.165, 1.54) is 18.3 Å². The first kappa shape index (κ1) is 20.8. The predicted molar refractivity (Wildman–Crippen MR) is 122 cm³/mol. The van der Waals surface area contributed by atoms with Crippen LogP contribution in [0.3, 0.4) is 0 Å². The fourth-order valence-corrected chi connectivity index (χ4v) is 4.66. The molecule has 1 aliphatic heterocycles. The largest absolute Gasteiger partial charge is 0.462 e. The molecule has 1 aromatic heterocycles. The number of anilines is 1. The number of rotatable bonds is 5. The zero-order chi connectivity index (χ0) is 22.0. The minimum absolute atomic E-state index is 0.116. The molecule has 7 heteroatoms. The number of hydrogen-bond acceptors (Lipinski definition) is 5. The lowest BCUT2D eigenvalue weighted by Crippen LogP contribution is -2.33. The number of esters is 1. The maximum Gasteiger partial charge on any atom is 0.348 e. The molecule has 0 saturated heterocycles. The Morgan fingerprint density at radius 1 is 1.13 bits per heavy atom. The third-order valence-electron chi connectivity index (χ3n) is 5.12. The topological polar surface area (TPSA) is 75.7 Å². The number of benzene rings is 2. The highest BCUT2D eigenvalue weighted by molar-refractivity contribution is 7.20. The first-order valence-corrected chi connectivity index (χ1v) is 10.8. The maximum atomic E-state index is 12.8. The number of carbonyl (C=O) groups is 3. The first-order valence-electron chi connectivity index (χ1n) is 10.0. The molecule has 0 aliphatic carbocycles. The molecule has 1 atom stereocenters. The van der Waals surface area contributed by atoms with E-state index in [2.05, 4.69) is 5.32 Å². The van der Waals surface area contributed by atoms with E-state index >= 15 is 0 Å². The van der Waals surface area contributed by atoms with Crippen LogP contribution in [0.25, 0.3) is 16.2 Å². The van der Waals surface area contributed by atoms with E-state index in [0.717, 1.165) is 21.2 Å². The lowest BCUT2D eigenvalue weighted by Gasteiger charge is -2.32. The van der Waals surface area contributed by atoms with Gasteiger partial charge in [-0.05, 0) is 53.8 Å². The van der Waals surface area contributed by atoms with Crippen LogP contribution in [0.2, 0.25) is 0 Å². The summed E-state index contributed by atoms with van der Waals surface area (Å²) in [6, 6.07) is 14.7. The lowest BCUT2D eigenvalue weighted by atomic mass is 9.93. The van der Waals surface area contributed by atoms with E-state index in [4.69, 9.17) is 4.74 Å². The summed E-state index contributed by atoms with van der Waals surface area (Å²) in [5.74, 6) is -0.654. The van der Waals surface area contributed by atoms with Crippen LogP contribution in [-0.4, -0.2) is 29.3 Å². The SMILES string of the molecule is CCOC(=O)c1cc2cc(NC(=O)C[C@H]3c4ccccc4C=CN3C(C)=O)ccc2s1. The summed E-state index contributed by atoms with van der Waals surface area (Å²) in [5, 5.41) is 3.79. The normalized spacial score (nSPS) is 14.9. The maximum absolute atomic E-state index is 12.8. The van der Waals surface area contributed by atoms with Crippen molar-refractivity contribution in [2.45, 2.75) is 26.3 Å². The van der Waals surface area contributed by atoms with E-state index in [0.29, 0.717) is 17.2 Å².